The molecule has 20 heavy (non-hydrogen) atoms. The van der Waals surface area contributed by atoms with E-state index < -0.39 is 0 Å². The van der Waals surface area contributed by atoms with E-state index in [9.17, 15) is 0 Å². The van der Waals surface area contributed by atoms with Gasteiger partial charge >= 0.3 is 0 Å². The zero-order valence-corrected chi connectivity index (χ0v) is 12.3. The standard InChI is InChI=1S/C16H21N3O/c1-12(2)8-18-9-14-7-13(3)16(19-10-14)20-15-5-4-6-17-11-15/h4-7,10-12,18H,8-9H2,1-3H3. The van der Waals surface area contributed by atoms with Crippen LogP contribution in [0.15, 0.2) is 36.8 Å². The summed E-state index contributed by atoms with van der Waals surface area (Å²) >= 11 is 0. The van der Waals surface area contributed by atoms with E-state index in [1.807, 2.05) is 25.3 Å². The second-order valence-corrected chi connectivity index (χ2v) is 5.28. The fraction of sp³-hybridized carbons (Fsp3) is 0.375. The third-order valence-electron chi connectivity index (χ3n) is 2.82. The summed E-state index contributed by atoms with van der Waals surface area (Å²) in [5.41, 5.74) is 2.19. The predicted octanol–water partition coefficient (Wildman–Crippen LogP) is 3.32. The SMILES string of the molecule is Cc1cc(CNCC(C)C)cnc1Oc1cccnc1. The van der Waals surface area contributed by atoms with Gasteiger partial charge in [0.2, 0.25) is 5.88 Å². The minimum atomic E-state index is 0.630. The smallest absolute Gasteiger partial charge is 0.222 e. The Morgan fingerprint density at radius 1 is 1.30 bits per heavy atom. The van der Waals surface area contributed by atoms with Gasteiger partial charge in [0.1, 0.15) is 5.75 Å². The number of hydrogen-bond acceptors (Lipinski definition) is 4. The van der Waals surface area contributed by atoms with Crippen molar-refractivity contribution in [1.82, 2.24) is 15.3 Å². The highest BCUT2D eigenvalue weighted by atomic mass is 16.5. The lowest BCUT2D eigenvalue weighted by atomic mass is 10.2. The van der Waals surface area contributed by atoms with Gasteiger partial charge in [0.15, 0.2) is 0 Å². The average Bonchev–Trinajstić information content (AvgIpc) is 2.42. The van der Waals surface area contributed by atoms with Crippen molar-refractivity contribution in [2.75, 3.05) is 6.54 Å². The molecule has 0 saturated heterocycles. The van der Waals surface area contributed by atoms with E-state index in [1.54, 1.807) is 12.4 Å². The van der Waals surface area contributed by atoms with Crippen LogP contribution in [0.4, 0.5) is 0 Å². The molecule has 0 radical (unpaired) electrons. The van der Waals surface area contributed by atoms with Crippen LogP contribution in [0.1, 0.15) is 25.0 Å². The Morgan fingerprint density at radius 3 is 2.80 bits per heavy atom. The molecule has 0 spiro atoms. The first-order valence-corrected chi connectivity index (χ1v) is 6.89. The molecule has 2 aromatic rings. The molecule has 4 nitrogen and oxygen atoms in total. The Kier molecular flexibility index (Phi) is 5.07. The van der Waals surface area contributed by atoms with Gasteiger partial charge in [0.25, 0.3) is 0 Å². The Morgan fingerprint density at radius 2 is 2.15 bits per heavy atom. The Balaban J connectivity index is 1.99. The number of nitrogens with zero attached hydrogens (tertiary/aromatic N) is 2. The summed E-state index contributed by atoms with van der Waals surface area (Å²) in [5, 5.41) is 3.41. The van der Waals surface area contributed by atoms with Gasteiger partial charge in [-0.15, -0.1) is 0 Å². The Bertz CT molecular complexity index is 541. The van der Waals surface area contributed by atoms with Crippen LogP contribution in [-0.2, 0) is 6.54 Å². The predicted molar refractivity (Wildman–Crippen MR) is 79.8 cm³/mol. The van der Waals surface area contributed by atoms with E-state index in [4.69, 9.17) is 4.74 Å². The number of nitrogens with one attached hydrogen (secondary N) is 1. The van der Waals surface area contributed by atoms with Crippen LogP contribution in [0.3, 0.4) is 0 Å². The number of aromatic nitrogens is 2. The van der Waals surface area contributed by atoms with Gasteiger partial charge in [-0.1, -0.05) is 13.8 Å². The summed E-state index contributed by atoms with van der Waals surface area (Å²) in [4.78, 5) is 8.40. The third-order valence-corrected chi connectivity index (χ3v) is 2.82. The molecular formula is C16H21N3O. The van der Waals surface area contributed by atoms with Gasteiger partial charge < -0.3 is 10.1 Å². The van der Waals surface area contributed by atoms with E-state index in [-0.39, 0.29) is 0 Å². The second-order valence-electron chi connectivity index (χ2n) is 5.28. The van der Waals surface area contributed by atoms with Crippen molar-refractivity contribution in [3.63, 3.8) is 0 Å². The Hall–Kier alpha value is -1.94. The highest BCUT2D eigenvalue weighted by Gasteiger charge is 2.05. The number of ether oxygens (including phenoxy) is 1. The van der Waals surface area contributed by atoms with Crippen molar-refractivity contribution in [2.45, 2.75) is 27.3 Å². The van der Waals surface area contributed by atoms with Gasteiger partial charge in [0, 0.05) is 24.5 Å². The maximum absolute atomic E-state index is 5.71. The van der Waals surface area contributed by atoms with Gasteiger partial charge in [-0.2, -0.15) is 0 Å². The van der Waals surface area contributed by atoms with Crippen molar-refractivity contribution in [2.24, 2.45) is 5.92 Å². The molecule has 0 aliphatic carbocycles. The molecule has 0 aliphatic heterocycles. The molecule has 4 heteroatoms. The van der Waals surface area contributed by atoms with Gasteiger partial charge in [-0.05, 0) is 43.1 Å². The highest BCUT2D eigenvalue weighted by molar-refractivity contribution is 5.32. The van der Waals surface area contributed by atoms with E-state index in [1.165, 1.54) is 5.56 Å². The molecule has 106 valence electrons. The van der Waals surface area contributed by atoms with Crippen molar-refractivity contribution in [3.8, 4) is 11.6 Å². The highest BCUT2D eigenvalue weighted by Crippen LogP contribution is 2.22. The van der Waals surface area contributed by atoms with Gasteiger partial charge in [-0.3, -0.25) is 4.98 Å². The van der Waals surface area contributed by atoms with Crippen molar-refractivity contribution in [1.29, 1.82) is 0 Å². The lowest BCUT2D eigenvalue weighted by molar-refractivity contribution is 0.456. The zero-order chi connectivity index (χ0) is 14.4. The summed E-state index contributed by atoms with van der Waals surface area (Å²) in [5.74, 6) is 1.98. The number of rotatable bonds is 6. The van der Waals surface area contributed by atoms with Crippen LogP contribution in [0.5, 0.6) is 11.6 Å². The van der Waals surface area contributed by atoms with Gasteiger partial charge in [-0.25, -0.2) is 4.98 Å². The van der Waals surface area contributed by atoms with E-state index in [0.717, 1.165) is 18.7 Å². The largest absolute Gasteiger partial charge is 0.437 e. The quantitative estimate of drug-likeness (QED) is 0.875. The van der Waals surface area contributed by atoms with Crippen molar-refractivity contribution in [3.05, 3.63) is 47.9 Å². The van der Waals surface area contributed by atoms with Crippen molar-refractivity contribution < 1.29 is 4.74 Å². The van der Waals surface area contributed by atoms with E-state index >= 15 is 0 Å². The second kappa shape index (κ2) is 7.01. The summed E-state index contributed by atoms with van der Waals surface area (Å²) in [6.07, 6.45) is 5.25. The number of pyridine rings is 2. The minimum Gasteiger partial charge on any atom is -0.437 e. The molecule has 0 bridgehead atoms. The summed E-state index contributed by atoms with van der Waals surface area (Å²) in [6.45, 7) is 8.24. The van der Waals surface area contributed by atoms with Crippen LogP contribution in [0, 0.1) is 12.8 Å². The molecule has 2 aromatic heterocycles. The minimum absolute atomic E-state index is 0.630. The summed E-state index contributed by atoms with van der Waals surface area (Å²) < 4.78 is 5.71. The summed E-state index contributed by atoms with van der Waals surface area (Å²) in [6, 6.07) is 5.81. The molecule has 0 unspecified atom stereocenters. The van der Waals surface area contributed by atoms with E-state index in [0.29, 0.717) is 17.5 Å². The van der Waals surface area contributed by atoms with Crippen LogP contribution in [-0.4, -0.2) is 16.5 Å². The van der Waals surface area contributed by atoms with Crippen LogP contribution < -0.4 is 10.1 Å². The topological polar surface area (TPSA) is 47.0 Å². The fourth-order valence-corrected chi connectivity index (χ4v) is 1.85. The average molecular weight is 271 g/mol. The first-order chi connectivity index (χ1) is 9.65. The molecule has 0 fully saturated rings. The first kappa shape index (κ1) is 14.5. The zero-order valence-electron chi connectivity index (χ0n) is 12.3. The molecule has 1 N–H and O–H groups in total. The molecular weight excluding hydrogens is 250 g/mol. The summed E-state index contributed by atoms with van der Waals surface area (Å²) in [7, 11) is 0. The van der Waals surface area contributed by atoms with Crippen LogP contribution >= 0.6 is 0 Å². The van der Waals surface area contributed by atoms with Crippen LogP contribution in [0.2, 0.25) is 0 Å². The molecule has 2 heterocycles. The van der Waals surface area contributed by atoms with E-state index in [2.05, 4.69) is 35.2 Å². The maximum Gasteiger partial charge on any atom is 0.222 e. The lowest BCUT2D eigenvalue weighted by Crippen LogP contribution is -2.19. The number of aryl methyl sites for hydroxylation is 1. The van der Waals surface area contributed by atoms with Crippen molar-refractivity contribution >= 4 is 0 Å². The monoisotopic (exact) mass is 271 g/mol. The molecule has 0 saturated carbocycles. The molecule has 0 amide bonds. The molecule has 0 atom stereocenters. The Labute approximate surface area is 120 Å². The lowest BCUT2D eigenvalue weighted by Gasteiger charge is -2.10. The fourth-order valence-electron chi connectivity index (χ4n) is 1.85. The third kappa shape index (κ3) is 4.31. The normalized spacial score (nSPS) is 10.8. The molecule has 2 rings (SSSR count). The van der Waals surface area contributed by atoms with Crippen LogP contribution in [0.25, 0.3) is 0 Å². The maximum atomic E-state index is 5.71. The van der Waals surface area contributed by atoms with Gasteiger partial charge in [0.05, 0.1) is 6.20 Å². The molecule has 0 aromatic carbocycles. The first-order valence-electron chi connectivity index (χ1n) is 6.89. The number of hydrogen-bond donors (Lipinski definition) is 1. The molecule has 0 aliphatic rings.